The molecular formula is C22H27ClN2O4. The molecule has 0 aliphatic carbocycles. The predicted octanol–water partition coefficient (Wildman–Crippen LogP) is 4.84. The lowest BCUT2D eigenvalue weighted by molar-refractivity contribution is -0.127. The number of hydrogen-bond donors (Lipinski definition) is 1. The highest BCUT2D eigenvalue weighted by molar-refractivity contribution is 6.30. The van der Waals surface area contributed by atoms with Crippen LogP contribution in [0, 0.1) is 0 Å². The Morgan fingerprint density at radius 1 is 1.07 bits per heavy atom. The number of ether oxygens (including phenoxy) is 3. The first kappa shape index (κ1) is 22.6. The van der Waals surface area contributed by atoms with Crippen molar-refractivity contribution in [3.63, 3.8) is 0 Å². The van der Waals surface area contributed by atoms with Crippen LogP contribution in [0.2, 0.25) is 5.02 Å². The van der Waals surface area contributed by atoms with E-state index in [0.717, 1.165) is 24.2 Å². The van der Waals surface area contributed by atoms with Crippen molar-refractivity contribution in [1.29, 1.82) is 0 Å². The average Bonchev–Trinajstić information content (AvgIpc) is 2.73. The molecule has 1 unspecified atom stereocenters. The van der Waals surface area contributed by atoms with E-state index in [-0.39, 0.29) is 5.91 Å². The van der Waals surface area contributed by atoms with Crippen LogP contribution in [0.5, 0.6) is 17.2 Å². The van der Waals surface area contributed by atoms with Gasteiger partial charge in [-0.1, -0.05) is 25.4 Å². The maximum absolute atomic E-state index is 12.2. The van der Waals surface area contributed by atoms with Crippen molar-refractivity contribution in [3.8, 4) is 17.2 Å². The molecule has 0 aliphatic rings. The molecule has 2 aromatic rings. The third-order valence-electron chi connectivity index (χ3n) is 3.79. The molecule has 1 atom stereocenters. The van der Waals surface area contributed by atoms with E-state index >= 15 is 0 Å². The Bertz CT molecular complexity index is 809. The van der Waals surface area contributed by atoms with E-state index in [4.69, 9.17) is 25.8 Å². The normalized spacial score (nSPS) is 11.9. The van der Waals surface area contributed by atoms with Gasteiger partial charge >= 0.3 is 0 Å². The molecule has 0 spiro atoms. The van der Waals surface area contributed by atoms with Crippen molar-refractivity contribution in [1.82, 2.24) is 5.43 Å². The van der Waals surface area contributed by atoms with Crippen LogP contribution in [0.1, 0.15) is 39.2 Å². The maximum atomic E-state index is 12.2. The fraction of sp³-hybridized carbons (Fsp3) is 0.364. The lowest BCUT2D eigenvalue weighted by Crippen LogP contribution is -2.33. The molecule has 2 aromatic carbocycles. The van der Waals surface area contributed by atoms with E-state index in [1.165, 1.54) is 0 Å². The number of amides is 1. The van der Waals surface area contributed by atoms with E-state index in [1.807, 2.05) is 25.1 Å². The van der Waals surface area contributed by atoms with Gasteiger partial charge in [0.25, 0.3) is 5.91 Å². The molecule has 0 fully saturated rings. The van der Waals surface area contributed by atoms with Crippen molar-refractivity contribution in [2.24, 2.45) is 5.10 Å². The number of hydrazone groups is 1. The third-order valence-corrected chi connectivity index (χ3v) is 4.05. The molecule has 0 heterocycles. The van der Waals surface area contributed by atoms with Crippen molar-refractivity contribution >= 4 is 23.7 Å². The van der Waals surface area contributed by atoms with Gasteiger partial charge in [0.2, 0.25) is 0 Å². The standard InChI is InChI=1S/C22H27ClN2O4/c1-4-12-27-20-9-6-17(21(14-20)28-13-5-2)15-24-25-22(26)16(3)29-19-10-7-18(23)8-11-19/h6-11,14-16H,4-5,12-13H2,1-3H3,(H,25,26)/b24-15+. The number of nitrogens with one attached hydrogen (secondary N) is 1. The van der Waals surface area contributed by atoms with Gasteiger partial charge in [0.1, 0.15) is 17.2 Å². The van der Waals surface area contributed by atoms with Crippen molar-refractivity contribution < 1.29 is 19.0 Å². The fourth-order valence-corrected chi connectivity index (χ4v) is 2.42. The molecule has 0 aliphatic heterocycles. The highest BCUT2D eigenvalue weighted by atomic mass is 35.5. The minimum Gasteiger partial charge on any atom is -0.493 e. The van der Waals surface area contributed by atoms with Gasteiger partial charge in [-0.25, -0.2) is 5.43 Å². The average molecular weight is 419 g/mol. The zero-order chi connectivity index (χ0) is 21.1. The summed E-state index contributed by atoms with van der Waals surface area (Å²) in [5.41, 5.74) is 3.23. The van der Waals surface area contributed by atoms with E-state index in [9.17, 15) is 4.79 Å². The quantitative estimate of drug-likeness (QED) is 0.419. The Labute approximate surface area is 176 Å². The van der Waals surface area contributed by atoms with Crippen LogP contribution in [0.3, 0.4) is 0 Å². The first-order valence-electron chi connectivity index (χ1n) is 9.68. The van der Waals surface area contributed by atoms with Gasteiger partial charge in [-0.15, -0.1) is 0 Å². The second-order valence-electron chi connectivity index (χ2n) is 6.34. The smallest absolute Gasteiger partial charge is 0.280 e. The second kappa shape index (κ2) is 12.0. The first-order valence-corrected chi connectivity index (χ1v) is 10.1. The van der Waals surface area contributed by atoms with E-state index < -0.39 is 6.10 Å². The molecule has 0 aromatic heterocycles. The zero-order valence-electron chi connectivity index (χ0n) is 17.0. The van der Waals surface area contributed by atoms with Crippen LogP contribution < -0.4 is 19.6 Å². The molecule has 0 saturated carbocycles. The minimum absolute atomic E-state index is 0.366. The second-order valence-corrected chi connectivity index (χ2v) is 6.78. The summed E-state index contributed by atoms with van der Waals surface area (Å²) in [7, 11) is 0. The highest BCUT2D eigenvalue weighted by Crippen LogP contribution is 2.24. The van der Waals surface area contributed by atoms with E-state index in [1.54, 1.807) is 37.4 Å². The summed E-state index contributed by atoms with van der Waals surface area (Å²) in [6.07, 6.45) is 2.64. The molecule has 2 rings (SSSR count). The number of nitrogens with zero attached hydrogens (tertiary/aromatic N) is 1. The Hall–Kier alpha value is -2.73. The fourth-order valence-electron chi connectivity index (χ4n) is 2.30. The van der Waals surface area contributed by atoms with Crippen LogP contribution in [0.15, 0.2) is 47.6 Å². The van der Waals surface area contributed by atoms with Crippen LogP contribution in [-0.4, -0.2) is 31.4 Å². The van der Waals surface area contributed by atoms with Gasteiger partial charge < -0.3 is 14.2 Å². The number of rotatable bonds is 11. The molecule has 0 radical (unpaired) electrons. The van der Waals surface area contributed by atoms with Gasteiger partial charge in [-0.05, 0) is 56.2 Å². The van der Waals surface area contributed by atoms with Crippen LogP contribution in [-0.2, 0) is 4.79 Å². The third kappa shape index (κ3) is 7.66. The predicted molar refractivity (Wildman–Crippen MR) is 115 cm³/mol. The van der Waals surface area contributed by atoms with Gasteiger partial charge in [0.15, 0.2) is 6.10 Å². The SMILES string of the molecule is CCCOc1ccc(/C=N/NC(=O)C(C)Oc2ccc(Cl)cc2)c(OCCC)c1. The molecule has 0 saturated heterocycles. The zero-order valence-corrected chi connectivity index (χ0v) is 17.7. The van der Waals surface area contributed by atoms with Crippen LogP contribution >= 0.6 is 11.6 Å². The topological polar surface area (TPSA) is 69.2 Å². The molecule has 156 valence electrons. The minimum atomic E-state index is -0.714. The lowest BCUT2D eigenvalue weighted by atomic mass is 10.2. The van der Waals surface area contributed by atoms with Crippen molar-refractivity contribution in [2.45, 2.75) is 39.7 Å². The summed E-state index contributed by atoms with van der Waals surface area (Å²) in [5, 5.41) is 4.64. The number of hydrogen-bond acceptors (Lipinski definition) is 5. The van der Waals surface area contributed by atoms with E-state index in [0.29, 0.717) is 29.7 Å². The molecule has 7 heteroatoms. The van der Waals surface area contributed by atoms with Crippen LogP contribution in [0.25, 0.3) is 0 Å². The van der Waals surface area contributed by atoms with Crippen molar-refractivity contribution in [3.05, 3.63) is 53.1 Å². The van der Waals surface area contributed by atoms with Gasteiger partial charge in [0.05, 0.1) is 19.4 Å². The number of carbonyl (C=O) groups excluding carboxylic acids is 1. The summed E-state index contributed by atoms with van der Waals surface area (Å²) in [6.45, 7) is 6.96. The Morgan fingerprint density at radius 2 is 1.72 bits per heavy atom. The van der Waals surface area contributed by atoms with Gasteiger partial charge in [-0.2, -0.15) is 5.10 Å². The monoisotopic (exact) mass is 418 g/mol. The highest BCUT2D eigenvalue weighted by Gasteiger charge is 2.14. The van der Waals surface area contributed by atoms with Crippen molar-refractivity contribution in [2.75, 3.05) is 13.2 Å². The Kier molecular flexibility index (Phi) is 9.31. The molecule has 0 bridgehead atoms. The number of benzene rings is 2. The largest absolute Gasteiger partial charge is 0.493 e. The Balaban J connectivity index is 1.97. The molecule has 29 heavy (non-hydrogen) atoms. The summed E-state index contributed by atoms with van der Waals surface area (Å²) in [4.78, 5) is 12.2. The van der Waals surface area contributed by atoms with Gasteiger partial charge in [0, 0.05) is 16.7 Å². The molecule has 6 nitrogen and oxygen atoms in total. The van der Waals surface area contributed by atoms with E-state index in [2.05, 4.69) is 17.5 Å². The summed E-state index contributed by atoms with van der Waals surface area (Å²) in [6, 6.07) is 12.3. The van der Waals surface area contributed by atoms with Gasteiger partial charge in [-0.3, -0.25) is 4.79 Å². The number of halogens is 1. The lowest BCUT2D eigenvalue weighted by Gasteiger charge is -2.13. The summed E-state index contributed by atoms with van der Waals surface area (Å²) >= 11 is 5.84. The molecule has 1 amide bonds. The number of carbonyl (C=O) groups is 1. The van der Waals surface area contributed by atoms with Crippen LogP contribution in [0.4, 0.5) is 0 Å². The first-order chi connectivity index (χ1) is 14.0. The molecular weight excluding hydrogens is 392 g/mol. The Morgan fingerprint density at radius 3 is 2.41 bits per heavy atom. The maximum Gasteiger partial charge on any atom is 0.280 e. The summed E-state index contributed by atoms with van der Waals surface area (Å²) in [5.74, 6) is 1.59. The summed E-state index contributed by atoms with van der Waals surface area (Å²) < 4.78 is 17.0. The molecule has 1 N–H and O–H groups in total.